The fraction of sp³-hybridized carbons (Fsp3) is 0.571. The Morgan fingerprint density at radius 1 is 0.667 bits per heavy atom. The van der Waals surface area contributed by atoms with Crippen molar-refractivity contribution in [2.45, 2.75) is 77.8 Å². The molecular weight excluding hydrogens is 517 g/mol. The van der Waals surface area contributed by atoms with Crippen molar-refractivity contribution in [3.8, 4) is 11.5 Å². The van der Waals surface area contributed by atoms with Crippen LogP contribution >= 0.6 is 11.6 Å². The molecule has 0 bridgehead atoms. The van der Waals surface area contributed by atoms with E-state index in [-0.39, 0.29) is 29.5 Å². The predicted octanol–water partition coefficient (Wildman–Crippen LogP) is 4.23. The van der Waals surface area contributed by atoms with Crippen LogP contribution in [0.1, 0.15) is 55.4 Å². The Kier molecular flexibility index (Phi) is 7.34. The van der Waals surface area contributed by atoms with Crippen LogP contribution in [-0.2, 0) is 18.6 Å². The summed E-state index contributed by atoms with van der Waals surface area (Å²) in [5, 5.41) is 7.21. The molecule has 0 atom stereocenters. The predicted molar refractivity (Wildman–Crippen MR) is 157 cm³/mol. The molecule has 2 N–H and O–H groups in total. The topological polar surface area (TPSA) is 79.4 Å². The molecule has 0 spiro atoms. The normalized spacial score (nSPS) is 23.2. The first-order valence-electron chi connectivity index (χ1n) is 13.6. The fourth-order valence-corrected chi connectivity index (χ4v) is 4.94. The van der Waals surface area contributed by atoms with Gasteiger partial charge < -0.3 is 38.7 Å². The average molecular weight is 557 g/mol. The van der Waals surface area contributed by atoms with Crippen molar-refractivity contribution in [2.75, 3.05) is 36.9 Å². The summed E-state index contributed by atoms with van der Waals surface area (Å²) in [6.45, 7) is 19.3. The van der Waals surface area contributed by atoms with Gasteiger partial charge in [-0.15, -0.1) is 0 Å². The largest absolute Gasteiger partial charge is 0.496 e. The van der Waals surface area contributed by atoms with Crippen LogP contribution in [0.5, 0.6) is 11.5 Å². The van der Waals surface area contributed by atoms with Gasteiger partial charge in [0, 0.05) is 18.6 Å². The lowest BCUT2D eigenvalue weighted by atomic mass is 9.78. The van der Waals surface area contributed by atoms with E-state index in [4.69, 9.17) is 39.7 Å². The second-order valence-corrected chi connectivity index (χ2v) is 12.7. The number of benzene rings is 2. The molecule has 210 valence electrons. The van der Waals surface area contributed by atoms with E-state index in [1.807, 2.05) is 52.0 Å². The zero-order chi connectivity index (χ0) is 28.2. The van der Waals surface area contributed by atoms with Gasteiger partial charge in [-0.3, -0.25) is 0 Å². The van der Waals surface area contributed by atoms with E-state index >= 15 is 0 Å². The van der Waals surface area contributed by atoms with Crippen LogP contribution in [0.2, 0.25) is 5.02 Å². The maximum Gasteiger partial charge on any atom is 0.496 e. The monoisotopic (exact) mass is 556 g/mol. The molecular formula is C28H39B2ClN2O6. The average Bonchev–Trinajstić information content (AvgIpc) is 3.23. The minimum atomic E-state index is -0.457. The van der Waals surface area contributed by atoms with E-state index < -0.39 is 7.12 Å². The first-order valence-corrected chi connectivity index (χ1v) is 14.0. The van der Waals surface area contributed by atoms with Gasteiger partial charge in [0.2, 0.25) is 0 Å². The second-order valence-electron chi connectivity index (χ2n) is 12.3. The molecule has 0 radical (unpaired) electrons. The first-order chi connectivity index (χ1) is 18.2. The fourth-order valence-electron chi connectivity index (χ4n) is 4.63. The number of ether oxygens (including phenoxy) is 2. The third-order valence-corrected chi connectivity index (χ3v) is 8.91. The van der Waals surface area contributed by atoms with Gasteiger partial charge in [0.1, 0.15) is 24.7 Å². The van der Waals surface area contributed by atoms with Gasteiger partial charge in [-0.05, 0) is 79.1 Å². The molecule has 6 rings (SSSR count). The molecule has 2 fully saturated rings. The summed E-state index contributed by atoms with van der Waals surface area (Å²) in [5.74, 6) is 1.67. The molecule has 39 heavy (non-hydrogen) atoms. The van der Waals surface area contributed by atoms with Gasteiger partial charge in [0.05, 0.1) is 38.8 Å². The van der Waals surface area contributed by atoms with Gasteiger partial charge in [0.25, 0.3) is 0 Å². The van der Waals surface area contributed by atoms with Crippen LogP contribution in [-0.4, -0.2) is 62.9 Å². The Balaban J connectivity index is 0.000000158. The third kappa shape index (κ3) is 5.34. The van der Waals surface area contributed by atoms with Crippen molar-refractivity contribution >= 4 is 48.1 Å². The highest BCUT2D eigenvalue weighted by Crippen LogP contribution is 2.40. The lowest BCUT2D eigenvalue weighted by molar-refractivity contribution is 0.00578. The number of hydrogen-bond acceptors (Lipinski definition) is 8. The molecule has 2 aromatic rings. The van der Waals surface area contributed by atoms with Gasteiger partial charge in [-0.2, -0.15) is 0 Å². The second kappa shape index (κ2) is 10.1. The molecule has 0 unspecified atom stereocenters. The van der Waals surface area contributed by atoms with Crippen LogP contribution < -0.4 is 31.0 Å². The van der Waals surface area contributed by atoms with Crippen LogP contribution in [0, 0.1) is 0 Å². The molecule has 2 aromatic carbocycles. The number of fused-ring (bicyclic) bond motifs is 2. The summed E-state index contributed by atoms with van der Waals surface area (Å²) < 4.78 is 35.3. The summed E-state index contributed by atoms with van der Waals surface area (Å²) >= 11 is 6.49. The SMILES string of the molecule is CC1(C)OB(c2ccc3c(c2)NCCO3)OC1(C)C.CC1(C)OB(c2ccc3c(c2Cl)NCCO3)OC1(C)C. The van der Waals surface area contributed by atoms with Crippen LogP contribution in [0.3, 0.4) is 0 Å². The molecule has 8 nitrogen and oxygen atoms in total. The van der Waals surface area contributed by atoms with Crippen LogP contribution in [0.15, 0.2) is 30.3 Å². The molecule has 0 amide bonds. The highest BCUT2D eigenvalue weighted by atomic mass is 35.5. The van der Waals surface area contributed by atoms with Gasteiger partial charge in [-0.25, -0.2) is 0 Å². The smallest absolute Gasteiger partial charge is 0.490 e. The lowest BCUT2D eigenvalue weighted by Gasteiger charge is -2.32. The minimum Gasteiger partial charge on any atom is -0.490 e. The van der Waals surface area contributed by atoms with Gasteiger partial charge in [-0.1, -0.05) is 23.7 Å². The van der Waals surface area contributed by atoms with E-state index in [0.717, 1.165) is 46.9 Å². The molecule has 4 aliphatic heterocycles. The first kappa shape index (κ1) is 28.4. The number of anilines is 2. The molecule has 4 heterocycles. The summed E-state index contributed by atoms with van der Waals surface area (Å²) in [6, 6.07) is 9.86. The molecule has 0 saturated carbocycles. The van der Waals surface area contributed by atoms with Crippen molar-refractivity contribution in [3.63, 3.8) is 0 Å². The van der Waals surface area contributed by atoms with Gasteiger partial charge >= 0.3 is 14.2 Å². The molecule has 0 aliphatic carbocycles. The van der Waals surface area contributed by atoms with Gasteiger partial charge in [0.15, 0.2) is 0 Å². The van der Waals surface area contributed by atoms with Crippen molar-refractivity contribution in [1.82, 2.24) is 0 Å². The van der Waals surface area contributed by atoms with E-state index in [0.29, 0.717) is 18.2 Å². The van der Waals surface area contributed by atoms with E-state index in [9.17, 15) is 0 Å². The maximum atomic E-state index is 6.49. The summed E-state index contributed by atoms with van der Waals surface area (Å²) in [4.78, 5) is 0. The standard InChI is InChI=1S/C14H19BClNO3.C14H20BNO3/c1-13(2)14(3,4)20-15(19-13)9-5-6-10-12(11(9)16)17-7-8-18-10;1-13(2)14(3,4)19-15(18-13)10-5-6-12-11(9-10)16-7-8-17-12/h5-6,17H,7-8H2,1-4H3;5-6,9,16H,7-8H2,1-4H3. The van der Waals surface area contributed by atoms with E-state index in [2.05, 4.69) is 44.4 Å². The van der Waals surface area contributed by atoms with E-state index in [1.165, 1.54) is 0 Å². The summed E-state index contributed by atoms with van der Waals surface area (Å²) in [7, 11) is -0.777. The van der Waals surface area contributed by atoms with Crippen molar-refractivity contribution in [2.24, 2.45) is 0 Å². The zero-order valence-corrected chi connectivity index (χ0v) is 25.0. The Labute approximate surface area is 237 Å². The third-order valence-electron chi connectivity index (χ3n) is 8.51. The van der Waals surface area contributed by atoms with Crippen molar-refractivity contribution < 1.29 is 28.1 Å². The van der Waals surface area contributed by atoms with Crippen LogP contribution in [0.25, 0.3) is 0 Å². The lowest BCUT2D eigenvalue weighted by Crippen LogP contribution is -2.41. The van der Waals surface area contributed by atoms with Crippen molar-refractivity contribution in [1.29, 1.82) is 0 Å². The summed E-state index contributed by atoms with van der Waals surface area (Å²) in [6.07, 6.45) is 0. The Hall–Kier alpha value is -2.10. The highest BCUT2D eigenvalue weighted by Gasteiger charge is 2.53. The number of nitrogens with one attached hydrogen (secondary N) is 2. The quantitative estimate of drug-likeness (QED) is 0.532. The summed E-state index contributed by atoms with van der Waals surface area (Å²) in [5.41, 5.74) is 2.33. The highest BCUT2D eigenvalue weighted by molar-refractivity contribution is 6.66. The number of hydrogen-bond donors (Lipinski definition) is 2. The Morgan fingerprint density at radius 2 is 1.18 bits per heavy atom. The Morgan fingerprint density at radius 3 is 1.79 bits per heavy atom. The molecule has 4 aliphatic rings. The molecule has 0 aromatic heterocycles. The van der Waals surface area contributed by atoms with E-state index in [1.54, 1.807) is 0 Å². The van der Waals surface area contributed by atoms with Crippen LogP contribution in [0.4, 0.5) is 11.4 Å². The Bertz CT molecular complexity index is 1210. The van der Waals surface area contributed by atoms with Crippen molar-refractivity contribution in [3.05, 3.63) is 35.4 Å². The maximum absolute atomic E-state index is 6.49. The minimum absolute atomic E-state index is 0.308. The number of rotatable bonds is 2. The molecule has 2 saturated heterocycles. The zero-order valence-electron chi connectivity index (χ0n) is 24.2. The molecule has 11 heteroatoms. The number of halogens is 1.